The molecule has 0 spiro atoms. The summed E-state index contributed by atoms with van der Waals surface area (Å²) >= 11 is 0. The van der Waals surface area contributed by atoms with Gasteiger partial charge in [-0.25, -0.2) is 4.79 Å². The van der Waals surface area contributed by atoms with Gasteiger partial charge in [0, 0.05) is 18.3 Å². The number of nitrogens with one attached hydrogen (secondary N) is 1. The first-order valence-electron chi connectivity index (χ1n) is 8.35. The number of carbonyl (C=O) groups excluding carboxylic acids is 1. The molecule has 1 heterocycles. The van der Waals surface area contributed by atoms with E-state index in [0.717, 1.165) is 17.0 Å². The van der Waals surface area contributed by atoms with Crippen LogP contribution in [0.4, 0.5) is 0 Å². The number of carbonyl (C=O) groups is 2. The van der Waals surface area contributed by atoms with Crippen LogP contribution >= 0.6 is 0 Å². The smallest absolute Gasteiger partial charge is 0.334 e. The van der Waals surface area contributed by atoms with Gasteiger partial charge in [-0.1, -0.05) is 37.3 Å². The van der Waals surface area contributed by atoms with Gasteiger partial charge in [0.05, 0.1) is 11.6 Å². The Morgan fingerprint density at radius 2 is 1.88 bits per heavy atom. The summed E-state index contributed by atoms with van der Waals surface area (Å²) in [4.78, 5) is 25.0. The quantitative estimate of drug-likeness (QED) is 0.844. The lowest BCUT2D eigenvalue weighted by atomic mass is 9.86. The molecule has 0 radical (unpaired) electrons. The number of rotatable bonds is 6. The average Bonchev–Trinajstić information content (AvgIpc) is 2.84. The van der Waals surface area contributed by atoms with Crippen molar-refractivity contribution in [2.75, 3.05) is 0 Å². The van der Waals surface area contributed by atoms with Crippen LogP contribution in [-0.4, -0.2) is 26.8 Å². The third-order valence-electron chi connectivity index (χ3n) is 4.89. The van der Waals surface area contributed by atoms with Crippen LogP contribution in [-0.2, 0) is 22.2 Å². The molecule has 134 valence electrons. The van der Waals surface area contributed by atoms with Gasteiger partial charge < -0.3 is 10.4 Å². The van der Waals surface area contributed by atoms with Crippen molar-refractivity contribution < 1.29 is 14.7 Å². The van der Waals surface area contributed by atoms with Crippen LogP contribution in [0.1, 0.15) is 48.7 Å². The molecule has 2 N–H and O–H groups in total. The summed E-state index contributed by atoms with van der Waals surface area (Å²) in [6.07, 6.45) is 0.246. The molecule has 0 fully saturated rings. The molecule has 2 unspecified atom stereocenters. The van der Waals surface area contributed by atoms with E-state index in [9.17, 15) is 14.7 Å². The lowest BCUT2D eigenvalue weighted by Crippen LogP contribution is -2.52. The van der Waals surface area contributed by atoms with Crippen molar-refractivity contribution in [3.05, 3.63) is 52.8 Å². The average molecular weight is 343 g/mol. The number of aryl methyl sites for hydroxylation is 2. The number of nitrogens with zero attached hydrogens (tertiary/aromatic N) is 2. The fourth-order valence-corrected chi connectivity index (χ4v) is 3.28. The third kappa shape index (κ3) is 3.29. The van der Waals surface area contributed by atoms with E-state index in [1.54, 1.807) is 42.8 Å². The number of benzene rings is 1. The molecule has 0 aliphatic rings. The first kappa shape index (κ1) is 18.7. The zero-order valence-electron chi connectivity index (χ0n) is 15.3. The Bertz CT molecular complexity index is 783. The molecule has 1 amide bonds. The summed E-state index contributed by atoms with van der Waals surface area (Å²) in [5.41, 5.74) is 1.63. The SMILES string of the molecule is CCC(NC(=O)C(C)c1c(C)nn(C)c1C)(C(=O)O)c1ccccc1. The van der Waals surface area contributed by atoms with Crippen LogP contribution in [0.3, 0.4) is 0 Å². The molecule has 0 saturated heterocycles. The minimum Gasteiger partial charge on any atom is -0.479 e. The molecule has 6 nitrogen and oxygen atoms in total. The van der Waals surface area contributed by atoms with Gasteiger partial charge in [-0.05, 0) is 32.8 Å². The zero-order chi connectivity index (χ0) is 18.8. The van der Waals surface area contributed by atoms with E-state index < -0.39 is 17.4 Å². The highest BCUT2D eigenvalue weighted by Gasteiger charge is 2.41. The largest absolute Gasteiger partial charge is 0.479 e. The Morgan fingerprint density at radius 1 is 1.28 bits per heavy atom. The Balaban J connectivity index is 2.39. The molecule has 0 aliphatic heterocycles. The van der Waals surface area contributed by atoms with Crippen LogP contribution in [0.2, 0.25) is 0 Å². The second kappa shape index (κ2) is 7.09. The molecule has 2 rings (SSSR count). The van der Waals surface area contributed by atoms with Crippen LogP contribution in [0.5, 0.6) is 0 Å². The number of hydrogen-bond donors (Lipinski definition) is 2. The van der Waals surface area contributed by atoms with E-state index >= 15 is 0 Å². The van der Waals surface area contributed by atoms with Crippen LogP contribution in [0, 0.1) is 13.8 Å². The second-order valence-electron chi connectivity index (χ2n) is 6.35. The predicted octanol–water partition coefficient (Wildman–Crippen LogP) is 2.65. The Hall–Kier alpha value is -2.63. The highest BCUT2D eigenvalue weighted by atomic mass is 16.4. The summed E-state index contributed by atoms with van der Waals surface area (Å²) in [6, 6.07) is 8.81. The van der Waals surface area contributed by atoms with E-state index in [1.807, 2.05) is 27.0 Å². The molecule has 0 saturated carbocycles. The normalized spacial score (nSPS) is 14.6. The second-order valence-corrected chi connectivity index (χ2v) is 6.35. The number of hydrogen-bond acceptors (Lipinski definition) is 3. The summed E-state index contributed by atoms with van der Waals surface area (Å²) in [7, 11) is 1.83. The van der Waals surface area contributed by atoms with Crippen molar-refractivity contribution in [2.24, 2.45) is 7.05 Å². The molecule has 0 aliphatic carbocycles. The number of carboxylic acids is 1. The van der Waals surface area contributed by atoms with E-state index in [4.69, 9.17) is 0 Å². The van der Waals surface area contributed by atoms with Crippen LogP contribution < -0.4 is 5.32 Å². The Morgan fingerprint density at radius 3 is 2.32 bits per heavy atom. The van der Waals surface area contributed by atoms with Crippen molar-refractivity contribution in [3.63, 3.8) is 0 Å². The van der Waals surface area contributed by atoms with Gasteiger partial charge in [0.2, 0.25) is 5.91 Å². The number of amides is 1. The van der Waals surface area contributed by atoms with Gasteiger partial charge in [-0.3, -0.25) is 9.48 Å². The summed E-state index contributed by atoms with van der Waals surface area (Å²) in [5, 5.41) is 17.0. The lowest BCUT2D eigenvalue weighted by molar-refractivity contribution is -0.148. The first-order valence-corrected chi connectivity index (χ1v) is 8.35. The van der Waals surface area contributed by atoms with Crippen molar-refractivity contribution in [3.8, 4) is 0 Å². The highest BCUT2D eigenvalue weighted by Crippen LogP contribution is 2.29. The van der Waals surface area contributed by atoms with Crippen LogP contribution in [0.25, 0.3) is 0 Å². The van der Waals surface area contributed by atoms with Crippen molar-refractivity contribution in [1.82, 2.24) is 15.1 Å². The molecule has 6 heteroatoms. The van der Waals surface area contributed by atoms with Crippen molar-refractivity contribution >= 4 is 11.9 Å². The van der Waals surface area contributed by atoms with E-state index in [0.29, 0.717) is 5.56 Å². The fraction of sp³-hybridized carbons (Fsp3) is 0.421. The predicted molar refractivity (Wildman–Crippen MR) is 95.3 cm³/mol. The minimum atomic E-state index is -1.45. The van der Waals surface area contributed by atoms with Gasteiger partial charge in [0.25, 0.3) is 0 Å². The maximum Gasteiger partial charge on any atom is 0.334 e. The maximum absolute atomic E-state index is 12.9. The third-order valence-corrected chi connectivity index (χ3v) is 4.89. The number of aromatic nitrogens is 2. The monoisotopic (exact) mass is 343 g/mol. The van der Waals surface area contributed by atoms with E-state index in [-0.39, 0.29) is 12.3 Å². The molecule has 2 aromatic rings. The molecular weight excluding hydrogens is 318 g/mol. The molecule has 1 aromatic heterocycles. The van der Waals surface area contributed by atoms with Gasteiger partial charge in [0.1, 0.15) is 0 Å². The first-order chi connectivity index (χ1) is 11.7. The molecule has 25 heavy (non-hydrogen) atoms. The van der Waals surface area contributed by atoms with Gasteiger partial charge in [-0.2, -0.15) is 5.10 Å². The van der Waals surface area contributed by atoms with Gasteiger partial charge in [0.15, 0.2) is 5.54 Å². The van der Waals surface area contributed by atoms with E-state index in [1.165, 1.54) is 0 Å². The zero-order valence-corrected chi connectivity index (χ0v) is 15.3. The highest BCUT2D eigenvalue weighted by molar-refractivity contribution is 5.91. The number of carboxylic acid groups (broad SMARTS) is 1. The molecule has 1 aromatic carbocycles. The Kier molecular flexibility index (Phi) is 5.30. The fourth-order valence-electron chi connectivity index (χ4n) is 3.28. The van der Waals surface area contributed by atoms with Crippen LogP contribution in [0.15, 0.2) is 30.3 Å². The Labute approximate surface area is 147 Å². The summed E-state index contributed by atoms with van der Waals surface area (Å²) in [5.74, 6) is -1.89. The molecule has 2 atom stereocenters. The van der Waals surface area contributed by atoms with Crippen molar-refractivity contribution in [1.29, 1.82) is 0 Å². The summed E-state index contributed by atoms with van der Waals surface area (Å²) in [6.45, 7) is 7.29. The lowest BCUT2D eigenvalue weighted by Gasteiger charge is -2.31. The van der Waals surface area contributed by atoms with E-state index in [2.05, 4.69) is 10.4 Å². The van der Waals surface area contributed by atoms with Gasteiger partial charge >= 0.3 is 5.97 Å². The minimum absolute atomic E-state index is 0.246. The topological polar surface area (TPSA) is 84.2 Å². The maximum atomic E-state index is 12.9. The van der Waals surface area contributed by atoms with Gasteiger partial charge in [-0.15, -0.1) is 0 Å². The van der Waals surface area contributed by atoms with Crippen molar-refractivity contribution in [2.45, 2.75) is 45.6 Å². The molecular formula is C19H25N3O3. The standard InChI is InChI=1S/C19H25N3O3/c1-6-19(18(24)25,15-10-8-7-9-11-15)20-17(23)12(2)16-13(3)21-22(5)14(16)4/h7-12H,6H2,1-5H3,(H,20,23)(H,24,25). The summed E-state index contributed by atoms with van der Waals surface area (Å²) < 4.78 is 1.73. The molecule has 0 bridgehead atoms. The number of aliphatic carboxylic acids is 1.